The van der Waals surface area contributed by atoms with E-state index in [0.717, 1.165) is 18.5 Å². The Morgan fingerprint density at radius 3 is 2.88 bits per heavy atom. The number of unbranched alkanes of at least 4 members (excludes halogenated alkanes) is 1. The molecule has 0 saturated carbocycles. The molecule has 0 fully saturated rings. The Morgan fingerprint density at radius 1 is 1.62 bits per heavy atom. The fraction of sp³-hybridized carbons (Fsp3) is 0.467. The molecule has 1 heteroatoms. The first kappa shape index (κ1) is 12.8. The molecule has 0 aliphatic carbocycles. The summed E-state index contributed by atoms with van der Waals surface area (Å²) in [4.78, 5) is 2.25. The average molecular weight is 215 g/mol. The molecular formula is C15H21N. The van der Waals surface area contributed by atoms with Gasteiger partial charge in [-0.3, -0.25) is 4.90 Å². The summed E-state index contributed by atoms with van der Waals surface area (Å²) in [5, 5.41) is 0. The molecule has 1 heterocycles. The van der Waals surface area contributed by atoms with E-state index < -0.39 is 0 Å². The first-order valence-electron chi connectivity index (χ1n) is 5.91. The molecule has 0 spiro atoms. The van der Waals surface area contributed by atoms with Gasteiger partial charge in [-0.1, -0.05) is 43.1 Å². The number of hydrogen-bond donors (Lipinski definition) is 0. The van der Waals surface area contributed by atoms with Crippen LogP contribution in [0.1, 0.15) is 26.7 Å². The summed E-state index contributed by atoms with van der Waals surface area (Å²) in [5.74, 6) is 2.81. The van der Waals surface area contributed by atoms with Crippen molar-refractivity contribution >= 4 is 0 Å². The molecule has 16 heavy (non-hydrogen) atoms. The second-order valence-corrected chi connectivity index (χ2v) is 4.29. The van der Waals surface area contributed by atoms with Crippen LogP contribution in [-0.4, -0.2) is 24.5 Å². The van der Waals surface area contributed by atoms with Gasteiger partial charge in [-0.2, -0.15) is 0 Å². The Kier molecular flexibility index (Phi) is 5.08. The number of nitrogens with zero attached hydrogens (tertiary/aromatic N) is 1. The van der Waals surface area contributed by atoms with Crippen molar-refractivity contribution in [2.75, 3.05) is 13.6 Å². The lowest BCUT2D eigenvalue weighted by molar-refractivity contribution is 0.370. The van der Waals surface area contributed by atoms with Crippen molar-refractivity contribution in [2.45, 2.75) is 32.7 Å². The number of likely N-dealkylation sites (N-methyl/N-ethyl adjacent to an activating group) is 1. The predicted molar refractivity (Wildman–Crippen MR) is 71.1 cm³/mol. The molecule has 1 unspecified atom stereocenters. The van der Waals surface area contributed by atoms with Crippen LogP contribution in [-0.2, 0) is 0 Å². The Bertz CT molecular complexity index is 352. The molecule has 0 aromatic carbocycles. The molecule has 0 aromatic rings. The fourth-order valence-electron chi connectivity index (χ4n) is 1.85. The van der Waals surface area contributed by atoms with E-state index in [4.69, 9.17) is 6.42 Å². The van der Waals surface area contributed by atoms with Crippen molar-refractivity contribution in [2.24, 2.45) is 0 Å². The van der Waals surface area contributed by atoms with E-state index in [1.54, 1.807) is 0 Å². The fourth-order valence-corrected chi connectivity index (χ4v) is 1.85. The third-order valence-electron chi connectivity index (χ3n) is 2.81. The van der Waals surface area contributed by atoms with Crippen LogP contribution in [0.4, 0.5) is 0 Å². The standard InChI is InChI=1S/C15H21N/c1-5-7-9-13(3)12-14(6-2)15-10-8-11-16(15)4/h2,8-10,12,15H,5,7,11H2,1,3-4H3/b13-9-,14-12+. The maximum atomic E-state index is 5.59. The normalized spacial score (nSPS) is 22.5. The van der Waals surface area contributed by atoms with Crippen molar-refractivity contribution in [3.05, 3.63) is 35.5 Å². The number of hydrogen-bond acceptors (Lipinski definition) is 1. The minimum Gasteiger partial charge on any atom is -0.292 e. The van der Waals surface area contributed by atoms with E-state index in [2.05, 4.69) is 56.0 Å². The summed E-state index contributed by atoms with van der Waals surface area (Å²) >= 11 is 0. The summed E-state index contributed by atoms with van der Waals surface area (Å²) in [6.07, 6.45) is 16.6. The largest absolute Gasteiger partial charge is 0.292 e. The first-order valence-corrected chi connectivity index (χ1v) is 5.91. The smallest absolute Gasteiger partial charge is 0.0612 e. The lowest BCUT2D eigenvalue weighted by Crippen LogP contribution is -2.26. The predicted octanol–water partition coefficient (Wildman–Crippen LogP) is 3.16. The topological polar surface area (TPSA) is 3.24 Å². The highest BCUT2D eigenvalue weighted by Gasteiger charge is 2.18. The van der Waals surface area contributed by atoms with Crippen LogP contribution in [0, 0.1) is 12.3 Å². The van der Waals surface area contributed by atoms with Crippen LogP contribution < -0.4 is 0 Å². The van der Waals surface area contributed by atoms with Crippen molar-refractivity contribution in [3.63, 3.8) is 0 Å². The molecule has 1 aliphatic heterocycles. The first-order chi connectivity index (χ1) is 7.69. The highest BCUT2D eigenvalue weighted by atomic mass is 15.1. The summed E-state index contributed by atoms with van der Waals surface area (Å²) in [5.41, 5.74) is 2.32. The molecule has 1 atom stereocenters. The molecule has 1 nitrogen and oxygen atoms in total. The van der Waals surface area contributed by atoms with Crippen molar-refractivity contribution in [3.8, 4) is 12.3 Å². The molecule has 0 saturated heterocycles. The van der Waals surface area contributed by atoms with Crippen molar-refractivity contribution < 1.29 is 0 Å². The van der Waals surface area contributed by atoms with E-state index in [-0.39, 0.29) is 6.04 Å². The lowest BCUT2D eigenvalue weighted by Gasteiger charge is -2.19. The second kappa shape index (κ2) is 6.35. The molecule has 0 bridgehead atoms. The Balaban J connectivity index is 2.78. The number of rotatable bonds is 4. The average Bonchev–Trinajstić information content (AvgIpc) is 2.69. The van der Waals surface area contributed by atoms with Gasteiger partial charge in [0.25, 0.3) is 0 Å². The molecule has 1 rings (SSSR count). The van der Waals surface area contributed by atoms with Crippen LogP contribution >= 0.6 is 0 Å². The third kappa shape index (κ3) is 3.40. The van der Waals surface area contributed by atoms with Crippen molar-refractivity contribution in [1.82, 2.24) is 4.90 Å². The quantitative estimate of drug-likeness (QED) is 0.395. The Hall–Kier alpha value is -1.26. The maximum Gasteiger partial charge on any atom is 0.0612 e. The van der Waals surface area contributed by atoms with Crippen LogP contribution in [0.5, 0.6) is 0 Å². The van der Waals surface area contributed by atoms with Gasteiger partial charge in [0.15, 0.2) is 0 Å². The lowest BCUT2D eigenvalue weighted by atomic mass is 10.0. The van der Waals surface area contributed by atoms with E-state index >= 15 is 0 Å². The number of terminal acetylenes is 1. The van der Waals surface area contributed by atoms with Crippen molar-refractivity contribution in [1.29, 1.82) is 0 Å². The minimum atomic E-state index is 0.287. The maximum absolute atomic E-state index is 5.59. The van der Waals surface area contributed by atoms with Gasteiger partial charge in [0.2, 0.25) is 0 Å². The summed E-state index contributed by atoms with van der Waals surface area (Å²) in [7, 11) is 2.10. The molecule has 0 radical (unpaired) electrons. The summed E-state index contributed by atoms with van der Waals surface area (Å²) in [6, 6.07) is 0.287. The van der Waals surface area contributed by atoms with Gasteiger partial charge >= 0.3 is 0 Å². The van der Waals surface area contributed by atoms with Gasteiger partial charge in [0.05, 0.1) is 6.04 Å². The monoisotopic (exact) mass is 215 g/mol. The van der Waals surface area contributed by atoms with Gasteiger partial charge in [0, 0.05) is 12.1 Å². The van der Waals surface area contributed by atoms with Crippen LogP contribution in [0.3, 0.4) is 0 Å². The van der Waals surface area contributed by atoms with E-state index in [1.807, 2.05) is 0 Å². The van der Waals surface area contributed by atoms with E-state index in [0.29, 0.717) is 0 Å². The zero-order valence-electron chi connectivity index (χ0n) is 10.5. The second-order valence-electron chi connectivity index (χ2n) is 4.29. The van der Waals surface area contributed by atoms with Crippen LogP contribution in [0.15, 0.2) is 35.5 Å². The minimum absolute atomic E-state index is 0.287. The molecule has 0 aromatic heterocycles. The zero-order valence-corrected chi connectivity index (χ0v) is 10.5. The Labute approximate surface area is 99.5 Å². The van der Waals surface area contributed by atoms with Crippen LogP contribution in [0.2, 0.25) is 0 Å². The molecular weight excluding hydrogens is 194 g/mol. The summed E-state index contributed by atoms with van der Waals surface area (Å²) in [6.45, 7) is 5.29. The van der Waals surface area contributed by atoms with Gasteiger partial charge in [0.1, 0.15) is 0 Å². The highest BCUT2D eigenvalue weighted by molar-refractivity contribution is 5.41. The SMILES string of the molecule is C#C/C(=C\C(C)=C/CCC)C1C=CCN1C. The third-order valence-corrected chi connectivity index (χ3v) is 2.81. The molecule has 1 aliphatic rings. The van der Waals surface area contributed by atoms with Gasteiger partial charge in [-0.25, -0.2) is 0 Å². The van der Waals surface area contributed by atoms with Gasteiger partial charge in [-0.15, -0.1) is 6.42 Å². The summed E-state index contributed by atoms with van der Waals surface area (Å²) < 4.78 is 0. The number of allylic oxidation sites excluding steroid dienone is 3. The molecule has 0 N–H and O–H groups in total. The van der Waals surface area contributed by atoms with Gasteiger partial charge in [-0.05, 0) is 26.5 Å². The van der Waals surface area contributed by atoms with Crippen LogP contribution in [0.25, 0.3) is 0 Å². The van der Waals surface area contributed by atoms with E-state index in [9.17, 15) is 0 Å². The Morgan fingerprint density at radius 2 is 2.38 bits per heavy atom. The highest BCUT2D eigenvalue weighted by Crippen LogP contribution is 2.17. The van der Waals surface area contributed by atoms with Gasteiger partial charge < -0.3 is 0 Å². The molecule has 86 valence electrons. The van der Waals surface area contributed by atoms with E-state index in [1.165, 1.54) is 12.0 Å². The zero-order chi connectivity index (χ0) is 12.0. The molecule has 0 amide bonds.